The van der Waals surface area contributed by atoms with E-state index in [2.05, 4.69) is 21.3 Å². The van der Waals surface area contributed by atoms with Crippen molar-refractivity contribution in [2.24, 2.45) is 5.41 Å². The zero-order valence-corrected chi connectivity index (χ0v) is 13.3. The molecule has 0 spiro atoms. The molecule has 1 aliphatic heterocycles. The zero-order valence-electron chi connectivity index (χ0n) is 13.3. The number of carboxylic acid groups (broad SMARTS) is 1. The van der Waals surface area contributed by atoms with Crippen LogP contribution in [-0.4, -0.2) is 73.9 Å². The summed E-state index contributed by atoms with van der Waals surface area (Å²) in [7, 11) is 0. The van der Waals surface area contributed by atoms with Gasteiger partial charge in [0.1, 0.15) is 0 Å². The second-order valence-corrected chi connectivity index (χ2v) is 6.33. The highest BCUT2D eigenvalue weighted by molar-refractivity contribution is 5.74. The van der Waals surface area contributed by atoms with Gasteiger partial charge in [-0.3, -0.25) is 14.9 Å². The van der Waals surface area contributed by atoms with E-state index in [1.807, 2.05) is 0 Å². The number of hydrogen-bond acceptors (Lipinski definition) is 7. The van der Waals surface area contributed by atoms with E-state index < -0.39 is 16.9 Å². The van der Waals surface area contributed by atoms with Crippen molar-refractivity contribution in [2.45, 2.75) is 19.4 Å². The van der Waals surface area contributed by atoms with Gasteiger partial charge in [-0.2, -0.15) is 0 Å². The van der Waals surface area contributed by atoms with Crippen LogP contribution in [-0.2, 0) is 4.79 Å². The minimum atomic E-state index is -1.06. The molecule has 0 aromatic carbocycles. The van der Waals surface area contributed by atoms with Crippen LogP contribution in [0, 0.1) is 15.5 Å². The Kier molecular flexibility index (Phi) is 7.14. The Bertz CT molecular complexity index is 339. The van der Waals surface area contributed by atoms with Crippen LogP contribution in [0.4, 0.5) is 0 Å². The summed E-state index contributed by atoms with van der Waals surface area (Å²) >= 11 is 0. The number of nitrogens with zero attached hydrogens (tertiary/aromatic N) is 1. The fourth-order valence-corrected chi connectivity index (χ4v) is 2.20. The standard InChI is InChI=1S/C13H27N5O4/c1-12(11(19)20)7-14-3-5-16-9-13(2,18(21)22)10-17-6-4-15-8-12/h14-17H,3-10H2,1-2H3,(H,19,20). The molecule has 1 rings (SSSR count). The van der Waals surface area contributed by atoms with Crippen LogP contribution >= 0.6 is 0 Å². The molecule has 0 aromatic heterocycles. The van der Waals surface area contributed by atoms with Gasteiger partial charge in [0, 0.05) is 51.1 Å². The largest absolute Gasteiger partial charge is 0.481 e. The SMILES string of the molecule is CC1(C(=O)O)CNCCNCC(C)([N+](=O)[O-])CNCCNC1. The first-order valence-electron chi connectivity index (χ1n) is 7.51. The predicted octanol–water partition coefficient (Wildman–Crippen LogP) is -1.52. The molecule has 0 bridgehead atoms. The summed E-state index contributed by atoms with van der Waals surface area (Å²) in [5.41, 5.74) is -1.93. The Labute approximate surface area is 130 Å². The first kappa shape index (κ1) is 18.8. The Morgan fingerprint density at radius 2 is 1.32 bits per heavy atom. The molecule has 0 saturated carbocycles. The van der Waals surface area contributed by atoms with Crippen LogP contribution in [0.15, 0.2) is 0 Å². The van der Waals surface area contributed by atoms with Crippen molar-refractivity contribution in [3.63, 3.8) is 0 Å². The van der Waals surface area contributed by atoms with Crippen LogP contribution in [0.1, 0.15) is 13.8 Å². The number of nitro groups is 1. The van der Waals surface area contributed by atoms with Crippen molar-refractivity contribution in [1.82, 2.24) is 21.3 Å². The van der Waals surface area contributed by atoms with E-state index in [4.69, 9.17) is 0 Å². The van der Waals surface area contributed by atoms with Crippen molar-refractivity contribution in [3.05, 3.63) is 10.1 Å². The maximum atomic E-state index is 11.4. The lowest BCUT2D eigenvalue weighted by Gasteiger charge is -2.27. The van der Waals surface area contributed by atoms with Crippen molar-refractivity contribution in [3.8, 4) is 0 Å². The molecule has 9 heteroatoms. The van der Waals surface area contributed by atoms with Crippen LogP contribution < -0.4 is 21.3 Å². The average Bonchev–Trinajstić information content (AvgIpc) is 2.45. The van der Waals surface area contributed by atoms with Crippen molar-refractivity contribution in [2.75, 3.05) is 52.4 Å². The lowest BCUT2D eigenvalue weighted by Crippen LogP contribution is -2.54. The number of carboxylic acids is 1. The molecule has 0 unspecified atom stereocenters. The summed E-state index contributed by atoms with van der Waals surface area (Å²) < 4.78 is 0. The lowest BCUT2D eigenvalue weighted by atomic mass is 9.90. The van der Waals surface area contributed by atoms with Crippen LogP contribution in [0.5, 0.6) is 0 Å². The third-order valence-electron chi connectivity index (χ3n) is 3.96. The molecule has 1 fully saturated rings. The molecule has 9 nitrogen and oxygen atoms in total. The Morgan fingerprint density at radius 1 is 0.955 bits per heavy atom. The van der Waals surface area contributed by atoms with Crippen LogP contribution in [0.25, 0.3) is 0 Å². The summed E-state index contributed by atoms with van der Waals surface area (Å²) in [6, 6.07) is 0. The van der Waals surface area contributed by atoms with Gasteiger partial charge in [0.2, 0.25) is 5.54 Å². The summed E-state index contributed by atoms with van der Waals surface area (Å²) in [6.45, 7) is 6.74. The van der Waals surface area contributed by atoms with Gasteiger partial charge < -0.3 is 26.4 Å². The number of hydrogen-bond donors (Lipinski definition) is 5. The van der Waals surface area contributed by atoms with Gasteiger partial charge in [0.05, 0.1) is 18.5 Å². The number of nitrogens with one attached hydrogen (secondary N) is 4. The summed E-state index contributed by atoms with van der Waals surface area (Å²) in [5, 5.41) is 32.9. The normalized spacial score (nSPS) is 32.8. The fourth-order valence-electron chi connectivity index (χ4n) is 2.20. The second kappa shape index (κ2) is 8.37. The van der Waals surface area contributed by atoms with Gasteiger partial charge >= 0.3 is 5.97 Å². The third-order valence-corrected chi connectivity index (χ3v) is 3.96. The third kappa shape index (κ3) is 5.48. The van der Waals surface area contributed by atoms with E-state index in [-0.39, 0.29) is 18.0 Å². The molecule has 1 heterocycles. The molecule has 0 aromatic rings. The van der Waals surface area contributed by atoms with E-state index in [9.17, 15) is 20.0 Å². The molecule has 1 saturated heterocycles. The quantitative estimate of drug-likeness (QED) is 0.307. The highest BCUT2D eigenvalue weighted by atomic mass is 16.6. The lowest BCUT2D eigenvalue weighted by molar-refractivity contribution is -0.560. The van der Waals surface area contributed by atoms with Gasteiger partial charge in [0.15, 0.2) is 0 Å². The molecule has 0 aliphatic carbocycles. The molecule has 22 heavy (non-hydrogen) atoms. The monoisotopic (exact) mass is 317 g/mol. The zero-order chi connectivity index (χ0) is 16.6. The molecule has 0 amide bonds. The predicted molar refractivity (Wildman–Crippen MR) is 82.6 cm³/mol. The molecule has 5 N–H and O–H groups in total. The van der Waals surface area contributed by atoms with Gasteiger partial charge in [-0.05, 0) is 6.92 Å². The smallest absolute Gasteiger partial charge is 0.311 e. The molecule has 0 atom stereocenters. The Hall–Kier alpha value is -1.29. The summed E-state index contributed by atoms with van der Waals surface area (Å²) in [6.07, 6.45) is 0. The number of aliphatic carboxylic acids is 1. The van der Waals surface area contributed by atoms with E-state index in [1.54, 1.807) is 13.8 Å². The average molecular weight is 317 g/mol. The first-order chi connectivity index (χ1) is 10.3. The molecular formula is C13H27N5O4. The first-order valence-corrected chi connectivity index (χ1v) is 7.51. The minimum absolute atomic E-state index is 0.262. The molecular weight excluding hydrogens is 290 g/mol. The van der Waals surface area contributed by atoms with E-state index in [0.717, 1.165) is 0 Å². The number of carbonyl (C=O) groups is 1. The highest BCUT2D eigenvalue weighted by Gasteiger charge is 2.36. The molecule has 0 radical (unpaired) electrons. The Balaban J connectivity index is 2.60. The summed E-state index contributed by atoms with van der Waals surface area (Å²) in [5.74, 6) is -0.846. The highest BCUT2D eigenvalue weighted by Crippen LogP contribution is 2.14. The maximum absolute atomic E-state index is 11.4. The topological polar surface area (TPSA) is 129 Å². The van der Waals surface area contributed by atoms with E-state index >= 15 is 0 Å². The van der Waals surface area contributed by atoms with Crippen LogP contribution in [0.3, 0.4) is 0 Å². The van der Waals surface area contributed by atoms with Gasteiger partial charge in [-0.1, -0.05) is 0 Å². The van der Waals surface area contributed by atoms with Crippen molar-refractivity contribution >= 4 is 5.97 Å². The van der Waals surface area contributed by atoms with Crippen molar-refractivity contribution < 1.29 is 14.8 Å². The fraction of sp³-hybridized carbons (Fsp3) is 0.923. The molecule has 1 aliphatic rings. The maximum Gasteiger partial charge on any atom is 0.311 e. The van der Waals surface area contributed by atoms with Gasteiger partial charge in [-0.15, -0.1) is 0 Å². The minimum Gasteiger partial charge on any atom is -0.481 e. The summed E-state index contributed by atoms with van der Waals surface area (Å²) in [4.78, 5) is 22.3. The molecule has 128 valence electrons. The Morgan fingerprint density at radius 3 is 1.64 bits per heavy atom. The van der Waals surface area contributed by atoms with Crippen LogP contribution in [0.2, 0.25) is 0 Å². The van der Waals surface area contributed by atoms with Crippen molar-refractivity contribution in [1.29, 1.82) is 0 Å². The van der Waals surface area contributed by atoms with Gasteiger partial charge in [0.25, 0.3) is 0 Å². The van der Waals surface area contributed by atoms with E-state index in [1.165, 1.54) is 0 Å². The number of rotatable bonds is 2. The second-order valence-electron chi connectivity index (χ2n) is 6.33. The van der Waals surface area contributed by atoms with E-state index in [0.29, 0.717) is 39.3 Å². The van der Waals surface area contributed by atoms with Gasteiger partial charge in [-0.25, -0.2) is 0 Å².